The van der Waals surface area contributed by atoms with Crippen molar-refractivity contribution in [2.75, 3.05) is 12.3 Å². The Morgan fingerprint density at radius 3 is 2.59 bits per heavy atom. The molecule has 2 aromatic carbocycles. The van der Waals surface area contributed by atoms with Gasteiger partial charge in [-0.25, -0.2) is 0 Å². The van der Waals surface area contributed by atoms with Crippen molar-refractivity contribution in [1.82, 2.24) is 10.2 Å². The minimum absolute atomic E-state index is 0.0135. The average molecular weight is 498 g/mol. The van der Waals surface area contributed by atoms with E-state index in [1.54, 1.807) is 23.6 Å². The zero-order chi connectivity index (χ0) is 21.2. The van der Waals surface area contributed by atoms with Crippen LogP contribution in [0.2, 0.25) is 5.02 Å². The molecule has 2 amide bonds. The SMILES string of the molecule is CCNC(=O)C(C)N(Cc1cccc(Br)c1)C(=O)CCCSc1ccc(Cl)cc1. The highest BCUT2D eigenvalue weighted by Crippen LogP contribution is 2.22. The predicted octanol–water partition coefficient (Wildman–Crippen LogP) is 5.53. The summed E-state index contributed by atoms with van der Waals surface area (Å²) in [4.78, 5) is 28.1. The van der Waals surface area contributed by atoms with Crippen molar-refractivity contribution < 1.29 is 9.59 Å². The van der Waals surface area contributed by atoms with Crippen molar-refractivity contribution in [2.45, 2.75) is 44.2 Å². The van der Waals surface area contributed by atoms with Gasteiger partial charge in [-0.1, -0.05) is 39.7 Å². The Labute approximate surface area is 190 Å². The van der Waals surface area contributed by atoms with Crippen LogP contribution in [0, 0.1) is 0 Å². The summed E-state index contributed by atoms with van der Waals surface area (Å²) in [6, 6.07) is 15.0. The molecule has 0 aliphatic heterocycles. The number of nitrogens with zero attached hydrogens (tertiary/aromatic N) is 1. The topological polar surface area (TPSA) is 49.4 Å². The number of carbonyl (C=O) groups excluding carboxylic acids is 2. The minimum atomic E-state index is -0.523. The first-order chi connectivity index (χ1) is 13.9. The summed E-state index contributed by atoms with van der Waals surface area (Å²) in [6.07, 6.45) is 1.14. The lowest BCUT2D eigenvalue weighted by atomic mass is 10.1. The van der Waals surface area contributed by atoms with Crippen LogP contribution in [0.3, 0.4) is 0 Å². The highest BCUT2D eigenvalue weighted by Gasteiger charge is 2.25. The fraction of sp³-hybridized carbons (Fsp3) is 0.364. The van der Waals surface area contributed by atoms with Crippen LogP contribution in [-0.4, -0.2) is 35.1 Å². The summed E-state index contributed by atoms with van der Waals surface area (Å²) in [6.45, 7) is 4.60. The van der Waals surface area contributed by atoms with Crippen molar-refractivity contribution in [3.05, 3.63) is 63.6 Å². The summed E-state index contributed by atoms with van der Waals surface area (Å²) >= 11 is 11.1. The van der Waals surface area contributed by atoms with Crippen LogP contribution >= 0.6 is 39.3 Å². The number of amides is 2. The largest absolute Gasteiger partial charge is 0.355 e. The maximum absolute atomic E-state index is 12.9. The molecule has 1 N–H and O–H groups in total. The zero-order valence-corrected chi connectivity index (χ0v) is 19.8. The lowest BCUT2D eigenvalue weighted by Crippen LogP contribution is -2.47. The summed E-state index contributed by atoms with van der Waals surface area (Å²) in [5, 5.41) is 3.53. The lowest BCUT2D eigenvalue weighted by molar-refractivity contribution is -0.140. The van der Waals surface area contributed by atoms with Crippen LogP contribution in [0.15, 0.2) is 57.9 Å². The molecule has 0 aliphatic rings. The molecule has 0 saturated heterocycles. The molecule has 2 rings (SSSR count). The summed E-state index contributed by atoms with van der Waals surface area (Å²) in [5.74, 6) is 0.681. The van der Waals surface area contributed by atoms with Gasteiger partial charge >= 0.3 is 0 Å². The fourth-order valence-corrected chi connectivity index (χ4v) is 4.25. The lowest BCUT2D eigenvalue weighted by Gasteiger charge is -2.29. The number of likely N-dealkylation sites (N-methyl/N-ethyl adjacent to an activating group) is 1. The second-order valence-electron chi connectivity index (χ2n) is 6.63. The Morgan fingerprint density at radius 1 is 1.21 bits per heavy atom. The zero-order valence-electron chi connectivity index (χ0n) is 16.7. The van der Waals surface area contributed by atoms with E-state index in [4.69, 9.17) is 11.6 Å². The monoisotopic (exact) mass is 496 g/mol. The summed E-state index contributed by atoms with van der Waals surface area (Å²) in [7, 11) is 0. The van der Waals surface area contributed by atoms with Gasteiger partial charge in [-0.2, -0.15) is 0 Å². The highest BCUT2D eigenvalue weighted by atomic mass is 79.9. The van der Waals surface area contributed by atoms with E-state index in [-0.39, 0.29) is 11.8 Å². The van der Waals surface area contributed by atoms with Gasteiger partial charge in [0.25, 0.3) is 0 Å². The Balaban J connectivity index is 1.97. The van der Waals surface area contributed by atoms with E-state index in [1.807, 2.05) is 55.5 Å². The molecule has 0 bridgehead atoms. The van der Waals surface area contributed by atoms with E-state index in [0.29, 0.717) is 24.5 Å². The van der Waals surface area contributed by atoms with Crippen LogP contribution in [-0.2, 0) is 16.1 Å². The molecule has 0 aromatic heterocycles. The highest BCUT2D eigenvalue weighted by molar-refractivity contribution is 9.10. The number of hydrogen-bond acceptors (Lipinski definition) is 3. The number of hydrogen-bond donors (Lipinski definition) is 1. The first-order valence-corrected chi connectivity index (χ1v) is 11.8. The van der Waals surface area contributed by atoms with Gasteiger partial charge in [0.15, 0.2) is 0 Å². The molecule has 1 unspecified atom stereocenters. The third-order valence-electron chi connectivity index (χ3n) is 4.38. The van der Waals surface area contributed by atoms with Gasteiger partial charge in [0, 0.05) is 33.9 Å². The Hall–Kier alpha value is -1.50. The Kier molecular flexibility index (Phi) is 10.0. The quantitative estimate of drug-likeness (QED) is 0.347. The van der Waals surface area contributed by atoms with Crippen LogP contribution in [0.1, 0.15) is 32.3 Å². The maximum atomic E-state index is 12.9. The minimum Gasteiger partial charge on any atom is -0.355 e. The molecule has 0 saturated carbocycles. The van der Waals surface area contributed by atoms with Crippen LogP contribution in [0.4, 0.5) is 0 Å². The van der Waals surface area contributed by atoms with Gasteiger partial charge in [-0.3, -0.25) is 9.59 Å². The summed E-state index contributed by atoms with van der Waals surface area (Å²) < 4.78 is 0.951. The van der Waals surface area contributed by atoms with Gasteiger partial charge in [-0.05, 0) is 68.0 Å². The molecule has 1 atom stereocenters. The van der Waals surface area contributed by atoms with Gasteiger partial charge in [-0.15, -0.1) is 11.8 Å². The van der Waals surface area contributed by atoms with E-state index in [9.17, 15) is 9.59 Å². The number of thioether (sulfide) groups is 1. The van der Waals surface area contributed by atoms with Crippen LogP contribution in [0.5, 0.6) is 0 Å². The van der Waals surface area contributed by atoms with E-state index in [2.05, 4.69) is 21.2 Å². The van der Waals surface area contributed by atoms with Gasteiger partial charge < -0.3 is 10.2 Å². The normalized spacial score (nSPS) is 11.7. The maximum Gasteiger partial charge on any atom is 0.242 e. The average Bonchev–Trinajstić information content (AvgIpc) is 2.70. The van der Waals surface area contributed by atoms with Gasteiger partial charge in [0.1, 0.15) is 6.04 Å². The van der Waals surface area contributed by atoms with Crippen molar-refractivity contribution in [3.63, 3.8) is 0 Å². The van der Waals surface area contributed by atoms with E-state index >= 15 is 0 Å². The smallest absolute Gasteiger partial charge is 0.242 e. The molecule has 0 aliphatic carbocycles. The molecule has 7 heteroatoms. The van der Waals surface area contributed by atoms with E-state index < -0.39 is 6.04 Å². The van der Waals surface area contributed by atoms with Gasteiger partial charge in [0.2, 0.25) is 11.8 Å². The molecule has 0 fully saturated rings. The number of benzene rings is 2. The van der Waals surface area contributed by atoms with Gasteiger partial charge in [0.05, 0.1) is 0 Å². The molecular formula is C22H26BrClN2O2S. The fourth-order valence-electron chi connectivity index (χ4n) is 2.82. The van der Waals surface area contributed by atoms with Crippen molar-refractivity contribution in [3.8, 4) is 0 Å². The van der Waals surface area contributed by atoms with Crippen molar-refractivity contribution >= 4 is 51.1 Å². The Bertz CT molecular complexity index is 817. The van der Waals surface area contributed by atoms with E-state index in [1.165, 1.54) is 0 Å². The molecule has 2 aromatic rings. The third kappa shape index (κ3) is 8.03. The van der Waals surface area contributed by atoms with E-state index in [0.717, 1.165) is 27.1 Å². The molecule has 0 spiro atoms. The van der Waals surface area contributed by atoms with Crippen molar-refractivity contribution in [2.24, 2.45) is 0 Å². The molecule has 0 radical (unpaired) electrons. The molecule has 0 heterocycles. The molecular weight excluding hydrogens is 472 g/mol. The third-order valence-corrected chi connectivity index (χ3v) is 6.22. The molecule has 4 nitrogen and oxygen atoms in total. The number of nitrogens with one attached hydrogen (secondary N) is 1. The standard InChI is InChI=1S/C22H26BrClN2O2S/c1-3-25-22(28)16(2)26(15-17-6-4-7-18(23)14-17)21(27)8-5-13-29-20-11-9-19(24)10-12-20/h4,6-7,9-12,14,16H,3,5,8,13,15H2,1-2H3,(H,25,28). The second-order valence-corrected chi connectivity index (χ2v) is 9.15. The van der Waals surface area contributed by atoms with Crippen molar-refractivity contribution in [1.29, 1.82) is 0 Å². The second kappa shape index (κ2) is 12.3. The van der Waals surface area contributed by atoms with Crippen LogP contribution < -0.4 is 5.32 Å². The number of carbonyl (C=O) groups is 2. The first kappa shape index (κ1) is 23.8. The molecule has 156 valence electrons. The summed E-state index contributed by atoms with van der Waals surface area (Å²) in [5.41, 5.74) is 0.986. The predicted molar refractivity (Wildman–Crippen MR) is 124 cm³/mol. The van der Waals surface area contributed by atoms with Crippen LogP contribution in [0.25, 0.3) is 0 Å². The Morgan fingerprint density at radius 2 is 1.93 bits per heavy atom. The molecule has 29 heavy (non-hydrogen) atoms. The number of rotatable bonds is 10. The first-order valence-electron chi connectivity index (χ1n) is 9.60. The number of halogens is 2.